The minimum absolute atomic E-state index is 0.0641. The van der Waals surface area contributed by atoms with Gasteiger partial charge in [-0.05, 0) is 48.0 Å². The Balaban J connectivity index is 1.47. The van der Waals surface area contributed by atoms with Gasteiger partial charge < -0.3 is 14.8 Å². The lowest BCUT2D eigenvalue weighted by Crippen LogP contribution is -2.15. The van der Waals surface area contributed by atoms with Crippen LogP contribution in [0.3, 0.4) is 0 Å². The van der Waals surface area contributed by atoms with E-state index in [4.69, 9.17) is 9.47 Å². The molecule has 1 N–H and O–H groups in total. The Morgan fingerprint density at radius 3 is 2.26 bits per heavy atom. The fourth-order valence-electron chi connectivity index (χ4n) is 2.59. The fourth-order valence-corrected chi connectivity index (χ4v) is 2.59. The van der Waals surface area contributed by atoms with Crippen LogP contribution in [0.5, 0.6) is 5.75 Å². The predicted octanol–water partition coefficient (Wildman–Crippen LogP) is 5.08. The van der Waals surface area contributed by atoms with E-state index in [0.29, 0.717) is 16.8 Å². The molecule has 8 heteroatoms. The maximum Gasteiger partial charge on any atom is 0.416 e. The van der Waals surface area contributed by atoms with Crippen LogP contribution in [0, 0.1) is 0 Å². The van der Waals surface area contributed by atoms with E-state index in [1.807, 2.05) is 18.2 Å². The molecule has 0 bridgehead atoms. The zero-order chi connectivity index (χ0) is 22.3. The molecule has 0 saturated carbocycles. The summed E-state index contributed by atoms with van der Waals surface area (Å²) in [5.41, 5.74) is 0.886. The number of alkyl halides is 3. The number of amides is 1. The van der Waals surface area contributed by atoms with Crippen LogP contribution >= 0.6 is 0 Å². The number of carbonyl (C=O) groups excluding carboxylic acids is 2. The quantitative estimate of drug-likeness (QED) is 0.532. The Morgan fingerprint density at radius 1 is 0.871 bits per heavy atom. The first-order chi connectivity index (χ1) is 14.8. The molecule has 0 unspecified atom stereocenters. The lowest BCUT2D eigenvalue weighted by molar-refractivity contribution is -0.147. The second kappa shape index (κ2) is 9.80. The van der Waals surface area contributed by atoms with Gasteiger partial charge in [0.1, 0.15) is 12.4 Å². The molecule has 31 heavy (non-hydrogen) atoms. The second-order valence-electron chi connectivity index (χ2n) is 6.49. The van der Waals surface area contributed by atoms with Gasteiger partial charge in [0.15, 0.2) is 6.61 Å². The first kappa shape index (κ1) is 21.9. The van der Waals surface area contributed by atoms with Crippen molar-refractivity contribution >= 4 is 17.6 Å². The Morgan fingerprint density at radius 2 is 1.58 bits per heavy atom. The van der Waals surface area contributed by atoms with Crippen molar-refractivity contribution in [2.75, 3.05) is 11.9 Å². The van der Waals surface area contributed by atoms with Gasteiger partial charge in [-0.25, -0.2) is 4.79 Å². The summed E-state index contributed by atoms with van der Waals surface area (Å²) < 4.78 is 48.2. The normalized spacial score (nSPS) is 10.9. The highest BCUT2D eigenvalue weighted by molar-refractivity contribution is 6.04. The molecule has 0 saturated heterocycles. The molecule has 0 spiro atoms. The van der Waals surface area contributed by atoms with Gasteiger partial charge in [0, 0.05) is 11.3 Å². The Hall–Kier alpha value is -3.81. The zero-order valence-corrected chi connectivity index (χ0v) is 16.2. The summed E-state index contributed by atoms with van der Waals surface area (Å²) >= 11 is 0. The zero-order valence-electron chi connectivity index (χ0n) is 16.2. The monoisotopic (exact) mass is 429 g/mol. The van der Waals surface area contributed by atoms with Crippen molar-refractivity contribution < 1.29 is 32.2 Å². The summed E-state index contributed by atoms with van der Waals surface area (Å²) in [6.07, 6.45) is -4.50. The Kier molecular flexibility index (Phi) is 6.92. The molecule has 0 heterocycles. The lowest BCUT2D eigenvalue weighted by Gasteiger charge is -2.10. The highest BCUT2D eigenvalue weighted by Crippen LogP contribution is 2.31. The Labute approximate surface area is 176 Å². The van der Waals surface area contributed by atoms with Gasteiger partial charge in [-0.1, -0.05) is 36.4 Å². The summed E-state index contributed by atoms with van der Waals surface area (Å²) in [7, 11) is 0. The second-order valence-corrected chi connectivity index (χ2v) is 6.49. The third-order valence-electron chi connectivity index (χ3n) is 4.17. The van der Waals surface area contributed by atoms with Crippen molar-refractivity contribution in [2.45, 2.75) is 12.8 Å². The molecule has 0 fully saturated rings. The van der Waals surface area contributed by atoms with Gasteiger partial charge >= 0.3 is 12.1 Å². The molecule has 0 atom stereocenters. The first-order valence-electron chi connectivity index (χ1n) is 9.22. The molecular formula is C23H18F3NO4. The van der Waals surface area contributed by atoms with Crippen LogP contribution in [0.4, 0.5) is 18.9 Å². The number of benzene rings is 3. The summed E-state index contributed by atoms with van der Waals surface area (Å²) in [4.78, 5) is 24.0. The minimum atomic E-state index is -4.50. The van der Waals surface area contributed by atoms with E-state index in [2.05, 4.69) is 5.32 Å². The van der Waals surface area contributed by atoms with Gasteiger partial charge in [-0.15, -0.1) is 0 Å². The van der Waals surface area contributed by atoms with E-state index < -0.39 is 24.3 Å². The number of halogens is 3. The molecule has 3 rings (SSSR count). The van der Waals surface area contributed by atoms with Crippen LogP contribution in [0.15, 0.2) is 78.9 Å². The largest absolute Gasteiger partial charge is 0.482 e. The van der Waals surface area contributed by atoms with Gasteiger partial charge in [-0.3, -0.25) is 4.79 Å². The van der Waals surface area contributed by atoms with E-state index in [-0.39, 0.29) is 18.3 Å². The molecule has 0 aliphatic rings. The van der Waals surface area contributed by atoms with E-state index in [9.17, 15) is 22.8 Å². The molecule has 0 aliphatic carbocycles. The van der Waals surface area contributed by atoms with Crippen molar-refractivity contribution in [1.82, 2.24) is 0 Å². The standard InChI is InChI=1S/C23H18F3NO4/c24-23(25,26)18-5-4-8-20(13-18)30-15-21(28)31-14-16-9-11-17(12-10-16)22(29)27-19-6-2-1-3-7-19/h1-13H,14-15H2,(H,27,29). The first-order valence-corrected chi connectivity index (χ1v) is 9.22. The van der Waals surface area contributed by atoms with E-state index in [1.54, 1.807) is 36.4 Å². The number of esters is 1. The number of hydrogen-bond acceptors (Lipinski definition) is 4. The predicted molar refractivity (Wildman–Crippen MR) is 108 cm³/mol. The molecule has 0 aliphatic heterocycles. The van der Waals surface area contributed by atoms with Crippen LogP contribution in [-0.4, -0.2) is 18.5 Å². The number of carbonyl (C=O) groups is 2. The van der Waals surface area contributed by atoms with Gasteiger partial charge in [-0.2, -0.15) is 13.2 Å². The maximum absolute atomic E-state index is 12.7. The molecule has 5 nitrogen and oxygen atoms in total. The fraction of sp³-hybridized carbons (Fsp3) is 0.130. The molecule has 3 aromatic rings. The third kappa shape index (κ3) is 6.60. The molecule has 3 aromatic carbocycles. The van der Waals surface area contributed by atoms with Gasteiger partial charge in [0.25, 0.3) is 5.91 Å². The van der Waals surface area contributed by atoms with Crippen LogP contribution in [0.25, 0.3) is 0 Å². The minimum Gasteiger partial charge on any atom is -0.482 e. The van der Waals surface area contributed by atoms with Crippen molar-refractivity contribution in [2.24, 2.45) is 0 Å². The average molecular weight is 429 g/mol. The lowest BCUT2D eigenvalue weighted by atomic mass is 10.1. The van der Waals surface area contributed by atoms with Gasteiger partial charge in [0.05, 0.1) is 5.56 Å². The van der Waals surface area contributed by atoms with Gasteiger partial charge in [0.2, 0.25) is 0 Å². The average Bonchev–Trinajstić information content (AvgIpc) is 2.77. The number of nitrogens with one attached hydrogen (secondary N) is 1. The van der Waals surface area contributed by atoms with Crippen molar-refractivity contribution in [3.8, 4) is 5.75 Å². The van der Waals surface area contributed by atoms with Crippen LogP contribution in [0.2, 0.25) is 0 Å². The third-order valence-corrected chi connectivity index (χ3v) is 4.17. The van der Waals surface area contributed by atoms with Crippen molar-refractivity contribution in [3.05, 3.63) is 95.6 Å². The van der Waals surface area contributed by atoms with Crippen LogP contribution in [-0.2, 0) is 22.3 Å². The number of ether oxygens (including phenoxy) is 2. The van der Waals surface area contributed by atoms with Crippen LogP contribution in [0.1, 0.15) is 21.5 Å². The molecule has 160 valence electrons. The summed E-state index contributed by atoms with van der Waals surface area (Å²) in [6.45, 7) is -0.593. The van der Waals surface area contributed by atoms with Crippen LogP contribution < -0.4 is 10.1 Å². The highest BCUT2D eigenvalue weighted by Gasteiger charge is 2.30. The maximum atomic E-state index is 12.7. The summed E-state index contributed by atoms with van der Waals surface area (Å²) in [5, 5.41) is 2.76. The highest BCUT2D eigenvalue weighted by atomic mass is 19.4. The molecular weight excluding hydrogens is 411 g/mol. The Bertz CT molecular complexity index is 1030. The topological polar surface area (TPSA) is 64.6 Å². The smallest absolute Gasteiger partial charge is 0.416 e. The summed E-state index contributed by atoms with van der Waals surface area (Å²) in [5.74, 6) is -1.09. The summed E-state index contributed by atoms with van der Waals surface area (Å²) in [6, 6.07) is 19.7. The van der Waals surface area contributed by atoms with E-state index in [0.717, 1.165) is 12.1 Å². The van der Waals surface area contributed by atoms with E-state index >= 15 is 0 Å². The van der Waals surface area contributed by atoms with Crippen molar-refractivity contribution in [3.63, 3.8) is 0 Å². The number of rotatable bonds is 7. The SMILES string of the molecule is O=C(COc1cccc(C(F)(F)F)c1)OCc1ccc(C(=O)Nc2ccccc2)cc1. The van der Waals surface area contributed by atoms with E-state index in [1.165, 1.54) is 12.1 Å². The number of para-hydroxylation sites is 1. The number of hydrogen-bond donors (Lipinski definition) is 1. The molecule has 0 radical (unpaired) electrons. The number of anilines is 1. The molecule has 0 aromatic heterocycles. The van der Waals surface area contributed by atoms with Crippen molar-refractivity contribution in [1.29, 1.82) is 0 Å². The molecule has 1 amide bonds.